The molecule has 29 heavy (non-hydrogen) atoms. The average Bonchev–Trinajstić information content (AvgIpc) is 2.67. The van der Waals surface area contributed by atoms with Crippen molar-refractivity contribution in [2.75, 3.05) is 10.6 Å². The van der Waals surface area contributed by atoms with Crippen molar-refractivity contribution < 1.29 is 4.79 Å². The first kappa shape index (κ1) is 18.6. The lowest BCUT2D eigenvalue weighted by atomic mass is 9.49. The van der Waals surface area contributed by atoms with Crippen LogP contribution in [0.2, 0.25) is 0 Å². The van der Waals surface area contributed by atoms with Crippen molar-refractivity contribution in [3.05, 3.63) is 41.9 Å². The number of carbonyl (C=O) groups excluding carboxylic acids is 1. The van der Waals surface area contributed by atoms with Gasteiger partial charge in [0.05, 0.1) is 5.41 Å². The maximum Gasteiger partial charge on any atom is 0.230 e. The minimum atomic E-state index is -0.132. The minimum absolute atomic E-state index is 0.132. The molecule has 0 aliphatic heterocycles. The zero-order chi connectivity index (χ0) is 20.0. The normalized spacial score (nSPS) is 29.7. The number of rotatable bonds is 5. The Kier molecular flexibility index (Phi) is 4.56. The van der Waals surface area contributed by atoms with E-state index >= 15 is 0 Å². The van der Waals surface area contributed by atoms with Crippen molar-refractivity contribution in [2.24, 2.45) is 23.2 Å². The van der Waals surface area contributed by atoms with Crippen LogP contribution in [0.3, 0.4) is 0 Å². The number of nitrogens with zero attached hydrogens (tertiary/aromatic N) is 2. The van der Waals surface area contributed by atoms with Gasteiger partial charge in [0.15, 0.2) is 0 Å². The molecule has 4 aliphatic carbocycles. The fraction of sp³-hybridized carbons (Fsp3) is 0.542. The number of amides is 1. The topological polar surface area (TPSA) is 66.9 Å². The number of aromatic nitrogens is 2. The fourth-order valence-electron chi connectivity index (χ4n) is 6.39. The van der Waals surface area contributed by atoms with E-state index in [1.165, 1.54) is 24.8 Å². The fourth-order valence-corrected chi connectivity index (χ4v) is 6.39. The predicted molar refractivity (Wildman–Crippen MR) is 115 cm³/mol. The van der Waals surface area contributed by atoms with E-state index in [-0.39, 0.29) is 11.3 Å². The number of hydrogen-bond donors (Lipinski definition) is 2. The monoisotopic (exact) mass is 390 g/mol. The summed E-state index contributed by atoms with van der Waals surface area (Å²) in [6.45, 7) is 4.08. The molecule has 0 atom stereocenters. The van der Waals surface area contributed by atoms with E-state index in [1.54, 1.807) is 6.33 Å². The second kappa shape index (κ2) is 7.12. The Morgan fingerprint density at radius 2 is 1.76 bits per heavy atom. The molecule has 4 bridgehead atoms. The van der Waals surface area contributed by atoms with Gasteiger partial charge in [-0.2, -0.15) is 0 Å². The van der Waals surface area contributed by atoms with Crippen molar-refractivity contribution in [2.45, 2.75) is 58.8 Å². The van der Waals surface area contributed by atoms with E-state index in [2.05, 4.69) is 45.7 Å². The summed E-state index contributed by atoms with van der Waals surface area (Å²) in [5, 5.41) is 6.69. The summed E-state index contributed by atoms with van der Waals surface area (Å²) in [7, 11) is 0. The lowest BCUT2D eigenvalue weighted by molar-refractivity contribution is -0.140. The highest BCUT2D eigenvalue weighted by molar-refractivity contribution is 5.96. The van der Waals surface area contributed by atoms with Gasteiger partial charge in [0.1, 0.15) is 12.1 Å². The van der Waals surface area contributed by atoms with Crippen molar-refractivity contribution in [1.29, 1.82) is 0 Å². The summed E-state index contributed by atoms with van der Waals surface area (Å²) in [6, 6.07) is 8.12. The molecule has 0 saturated heterocycles. The van der Waals surface area contributed by atoms with E-state index in [4.69, 9.17) is 0 Å². The molecule has 6 rings (SSSR count). The summed E-state index contributed by atoms with van der Waals surface area (Å²) < 4.78 is 0. The maximum atomic E-state index is 13.5. The molecule has 1 aromatic carbocycles. The van der Waals surface area contributed by atoms with Gasteiger partial charge in [-0.3, -0.25) is 4.79 Å². The van der Waals surface area contributed by atoms with Gasteiger partial charge in [-0.15, -0.1) is 0 Å². The minimum Gasteiger partial charge on any atom is -0.340 e. The smallest absolute Gasteiger partial charge is 0.230 e. The molecule has 1 amide bonds. The number of anilines is 3. The first-order valence-electron chi connectivity index (χ1n) is 11.0. The summed E-state index contributed by atoms with van der Waals surface area (Å²) in [5.74, 6) is 3.33. The van der Waals surface area contributed by atoms with Gasteiger partial charge in [-0.1, -0.05) is 13.0 Å². The molecule has 5 heteroatoms. The number of aryl methyl sites for hydroxylation is 2. The van der Waals surface area contributed by atoms with Crippen molar-refractivity contribution >= 4 is 23.1 Å². The quantitative estimate of drug-likeness (QED) is 0.732. The Morgan fingerprint density at radius 1 is 1.07 bits per heavy atom. The SMILES string of the molecule is CCc1ccc(Nc2cc(C)ncn2)cc1NC(=O)C12CC3CC(CC(C3)C1)C2. The van der Waals surface area contributed by atoms with Gasteiger partial charge in [0.2, 0.25) is 5.91 Å². The molecular weight excluding hydrogens is 360 g/mol. The van der Waals surface area contributed by atoms with Crippen LogP contribution in [0.25, 0.3) is 0 Å². The summed E-state index contributed by atoms with van der Waals surface area (Å²) in [4.78, 5) is 21.9. The highest BCUT2D eigenvalue weighted by Gasteiger charge is 2.54. The predicted octanol–water partition coefficient (Wildman–Crippen LogP) is 5.25. The van der Waals surface area contributed by atoms with Crippen LogP contribution in [0.1, 0.15) is 56.7 Å². The number of nitrogens with one attached hydrogen (secondary N) is 2. The molecule has 2 N–H and O–H groups in total. The van der Waals surface area contributed by atoms with Gasteiger partial charge in [-0.05, 0) is 87.3 Å². The van der Waals surface area contributed by atoms with Gasteiger partial charge < -0.3 is 10.6 Å². The van der Waals surface area contributed by atoms with Crippen LogP contribution in [0, 0.1) is 30.1 Å². The lowest BCUT2D eigenvalue weighted by Crippen LogP contribution is -2.51. The first-order chi connectivity index (χ1) is 14.0. The summed E-state index contributed by atoms with van der Waals surface area (Å²) >= 11 is 0. The lowest BCUT2D eigenvalue weighted by Gasteiger charge is -2.55. The Balaban J connectivity index is 1.38. The average molecular weight is 391 g/mol. The van der Waals surface area contributed by atoms with Crippen molar-refractivity contribution in [3.8, 4) is 0 Å². The highest BCUT2D eigenvalue weighted by atomic mass is 16.2. The molecule has 2 aromatic rings. The van der Waals surface area contributed by atoms with E-state index < -0.39 is 0 Å². The molecule has 1 aromatic heterocycles. The Hall–Kier alpha value is -2.43. The molecule has 1 heterocycles. The van der Waals surface area contributed by atoms with Gasteiger partial charge in [0.25, 0.3) is 0 Å². The third-order valence-electron chi connectivity index (χ3n) is 7.34. The van der Waals surface area contributed by atoms with Crippen LogP contribution in [-0.2, 0) is 11.2 Å². The van der Waals surface area contributed by atoms with Crippen LogP contribution in [-0.4, -0.2) is 15.9 Å². The molecule has 152 valence electrons. The maximum absolute atomic E-state index is 13.5. The Morgan fingerprint density at radius 3 is 2.38 bits per heavy atom. The molecule has 0 spiro atoms. The van der Waals surface area contributed by atoms with Gasteiger partial charge >= 0.3 is 0 Å². The zero-order valence-corrected chi connectivity index (χ0v) is 17.4. The second-order valence-corrected chi connectivity index (χ2v) is 9.55. The third-order valence-corrected chi connectivity index (χ3v) is 7.34. The van der Waals surface area contributed by atoms with Crippen LogP contribution in [0.4, 0.5) is 17.2 Å². The van der Waals surface area contributed by atoms with E-state index in [1.807, 2.05) is 13.0 Å². The Labute approximate surface area is 172 Å². The van der Waals surface area contributed by atoms with E-state index in [0.717, 1.165) is 66.3 Å². The summed E-state index contributed by atoms with van der Waals surface area (Å²) in [5.41, 5.74) is 3.83. The van der Waals surface area contributed by atoms with Crippen LogP contribution < -0.4 is 10.6 Å². The van der Waals surface area contributed by atoms with Gasteiger partial charge in [-0.25, -0.2) is 9.97 Å². The third kappa shape index (κ3) is 3.52. The van der Waals surface area contributed by atoms with Gasteiger partial charge in [0, 0.05) is 23.1 Å². The largest absolute Gasteiger partial charge is 0.340 e. The molecule has 0 radical (unpaired) electrons. The van der Waals surface area contributed by atoms with E-state index in [0.29, 0.717) is 0 Å². The zero-order valence-electron chi connectivity index (χ0n) is 17.4. The Bertz CT molecular complexity index is 903. The number of hydrogen-bond acceptors (Lipinski definition) is 4. The number of carbonyl (C=O) groups is 1. The molecule has 5 nitrogen and oxygen atoms in total. The van der Waals surface area contributed by atoms with Crippen LogP contribution in [0.5, 0.6) is 0 Å². The molecule has 0 unspecified atom stereocenters. The molecule has 4 saturated carbocycles. The molecule has 4 aliphatic rings. The first-order valence-corrected chi connectivity index (χ1v) is 11.0. The van der Waals surface area contributed by atoms with Crippen LogP contribution in [0.15, 0.2) is 30.6 Å². The molecular formula is C24H30N4O. The molecule has 4 fully saturated rings. The van der Waals surface area contributed by atoms with Crippen molar-refractivity contribution in [3.63, 3.8) is 0 Å². The second-order valence-electron chi connectivity index (χ2n) is 9.55. The van der Waals surface area contributed by atoms with E-state index in [9.17, 15) is 4.79 Å². The van der Waals surface area contributed by atoms with Crippen LogP contribution >= 0.6 is 0 Å². The standard InChI is InChI=1S/C24H30N4O/c1-3-19-4-5-20(27-22-6-15(2)25-14-26-22)10-21(19)28-23(29)24-11-16-7-17(12-24)9-18(8-16)13-24/h4-6,10,14,16-18H,3,7-9,11-13H2,1-2H3,(H,28,29)(H,25,26,27). The van der Waals surface area contributed by atoms with Crippen molar-refractivity contribution in [1.82, 2.24) is 9.97 Å². The highest BCUT2D eigenvalue weighted by Crippen LogP contribution is 2.60. The number of benzene rings is 1. The summed E-state index contributed by atoms with van der Waals surface area (Å²) in [6.07, 6.45) is 9.77.